The molecule has 1 heterocycles. The third-order valence-corrected chi connectivity index (χ3v) is 6.26. The highest BCUT2D eigenvalue weighted by Crippen LogP contribution is 2.35. The smallest absolute Gasteiger partial charge is 0.242 e. The van der Waals surface area contributed by atoms with Crippen molar-refractivity contribution in [2.24, 2.45) is 5.92 Å². The number of rotatable bonds is 7. The first-order valence-corrected chi connectivity index (χ1v) is 10.7. The number of aromatic nitrogens is 3. The van der Waals surface area contributed by atoms with Crippen molar-refractivity contribution in [1.82, 2.24) is 15.2 Å². The van der Waals surface area contributed by atoms with Crippen LogP contribution in [-0.2, 0) is 11.2 Å². The molecule has 0 saturated heterocycles. The van der Waals surface area contributed by atoms with Gasteiger partial charge in [-0.2, -0.15) is 0 Å². The van der Waals surface area contributed by atoms with Crippen molar-refractivity contribution < 1.29 is 9.18 Å². The fourth-order valence-corrected chi connectivity index (χ4v) is 4.59. The number of anilines is 1. The van der Waals surface area contributed by atoms with Gasteiger partial charge in [-0.3, -0.25) is 9.89 Å². The summed E-state index contributed by atoms with van der Waals surface area (Å²) in [5.41, 5.74) is 1.41. The highest BCUT2D eigenvalue weighted by molar-refractivity contribution is 8.00. The number of carbonyl (C=O) groups excluding carboxylic acids is 1. The number of hydrogen-bond donors (Lipinski definition) is 2. The number of halogens is 1. The van der Waals surface area contributed by atoms with Crippen LogP contribution in [-0.4, -0.2) is 21.1 Å². The standard InChI is InChI=1S/C22H23FN4OS/c23-17-10-12-18(13-11-17)24-21(28)20(16-8-2-1-3-9-16)29-22-25-19(26-27-22)14-15-6-4-5-7-15/h1-3,8-13,15,20H,4-7,14H2,(H,24,28)(H,25,26,27). The summed E-state index contributed by atoms with van der Waals surface area (Å²) in [5.74, 6) is 1.01. The summed E-state index contributed by atoms with van der Waals surface area (Å²) in [6.45, 7) is 0. The van der Waals surface area contributed by atoms with Gasteiger partial charge in [0.25, 0.3) is 0 Å². The second-order valence-electron chi connectivity index (χ2n) is 7.32. The van der Waals surface area contributed by atoms with Crippen LogP contribution in [0.15, 0.2) is 59.8 Å². The molecule has 2 N–H and O–H groups in total. The SMILES string of the molecule is O=C(Nc1ccc(F)cc1)C(Sc1n[nH]c(CC2CCCC2)n1)c1ccccc1. The van der Waals surface area contributed by atoms with Gasteiger partial charge < -0.3 is 5.32 Å². The molecular weight excluding hydrogens is 387 g/mol. The molecule has 29 heavy (non-hydrogen) atoms. The zero-order valence-electron chi connectivity index (χ0n) is 16.0. The molecule has 1 aromatic heterocycles. The molecule has 1 aliphatic carbocycles. The van der Waals surface area contributed by atoms with Crippen molar-refractivity contribution in [3.05, 3.63) is 71.8 Å². The van der Waals surface area contributed by atoms with E-state index in [-0.39, 0.29) is 11.7 Å². The molecule has 7 heteroatoms. The van der Waals surface area contributed by atoms with Crippen LogP contribution < -0.4 is 5.32 Å². The Morgan fingerprint density at radius 2 is 1.86 bits per heavy atom. The molecule has 0 aliphatic heterocycles. The van der Waals surface area contributed by atoms with E-state index in [1.165, 1.54) is 49.6 Å². The van der Waals surface area contributed by atoms with Gasteiger partial charge in [0.1, 0.15) is 16.9 Å². The molecule has 1 unspecified atom stereocenters. The average molecular weight is 411 g/mol. The topological polar surface area (TPSA) is 70.7 Å². The minimum Gasteiger partial charge on any atom is -0.325 e. The van der Waals surface area contributed by atoms with E-state index < -0.39 is 5.25 Å². The Bertz CT molecular complexity index is 939. The fourth-order valence-electron chi connectivity index (χ4n) is 3.66. The lowest BCUT2D eigenvalue weighted by Gasteiger charge is -2.15. The van der Waals surface area contributed by atoms with Crippen LogP contribution in [0.25, 0.3) is 0 Å². The van der Waals surface area contributed by atoms with E-state index in [1.54, 1.807) is 12.1 Å². The number of hydrogen-bond acceptors (Lipinski definition) is 4. The summed E-state index contributed by atoms with van der Waals surface area (Å²) in [5, 5.41) is 10.3. The zero-order valence-corrected chi connectivity index (χ0v) is 16.8. The molecule has 0 spiro atoms. The lowest BCUT2D eigenvalue weighted by atomic mass is 10.0. The Hall–Kier alpha value is -2.67. The van der Waals surface area contributed by atoms with E-state index in [0.717, 1.165) is 17.8 Å². The molecule has 0 radical (unpaired) electrons. The van der Waals surface area contributed by atoms with Crippen LogP contribution in [0.1, 0.15) is 42.3 Å². The van der Waals surface area contributed by atoms with Gasteiger partial charge >= 0.3 is 0 Å². The molecule has 150 valence electrons. The molecule has 1 atom stereocenters. The van der Waals surface area contributed by atoms with Crippen LogP contribution in [0.3, 0.4) is 0 Å². The minimum atomic E-state index is -0.517. The van der Waals surface area contributed by atoms with Gasteiger partial charge in [-0.1, -0.05) is 67.8 Å². The Kier molecular flexibility index (Phi) is 6.24. The number of nitrogens with one attached hydrogen (secondary N) is 2. The molecule has 5 nitrogen and oxygen atoms in total. The predicted octanol–water partition coefficient (Wildman–Crippen LogP) is 5.15. The van der Waals surface area contributed by atoms with E-state index in [0.29, 0.717) is 16.8 Å². The van der Waals surface area contributed by atoms with Gasteiger partial charge in [-0.15, -0.1) is 5.10 Å². The second-order valence-corrected chi connectivity index (χ2v) is 8.40. The van der Waals surface area contributed by atoms with Crippen LogP contribution in [0.2, 0.25) is 0 Å². The molecule has 4 rings (SSSR count). The van der Waals surface area contributed by atoms with Crippen molar-refractivity contribution in [3.8, 4) is 0 Å². The third-order valence-electron chi connectivity index (χ3n) is 5.14. The lowest BCUT2D eigenvalue weighted by Crippen LogP contribution is -2.19. The molecule has 2 aromatic carbocycles. The minimum absolute atomic E-state index is 0.199. The summed E-state index contributed by atoms with van der Waals surface area (Å²) in [4.78, 5) is 17.6. The number of carbonyl (C=O) groups is 1. The van der Waals surface area contributed by atoms with Crippen LogP contribution in [0.4, 0.5) is 10.1 Å². The van der Waals surface area contributed by atoms with Gasteiger partial charge in [-0.05, 0) is 35.7 Å². The van der Waals surface area contributed by atoms with Crippen LogP contribution in [0, 0.1) is 11.7 Å². The first-order valence-electron chi connectivity index (χ1n) is 9.87. The van der Waals surface area contributed by atoms with Crippen molar-refractivity contribution in [1.29, 1.82) is 0 Å². The van der Waals surface area contributed by atoms with Crippen molar-refractivity contribution in [3.63, 3.8) is 0 Å². The molecular formula is C22H23FN4OS. The normalized spacial score (nSPS) is 15.3. The number of amides is 1. The number of thioether (sulfide) groups is 1. The first-order chi connectivity index (χ1) is 14.2. The number of aromatic amines is 1. The number of nitrogens with zero attached hydrogens (tertiary/aromatic N) is 2. The Morgan fingerprint density at radius 1 is 1.14 bits per heavy atom. The highest BCUT2D eigenvalue weighted by Gasteiger charge is 2.25. The summed E-state index contributed by atoms with van der Waals surface area (Å²) < 4.78 is 13.1. The maximum atomic E-state index is 13.1. The Morgan fingerprint density at radius 3 is 2.59 bits per heavy atom. The third kappa shape index (κ3) is 5.23. The summed E-state index contributed by atoms with van der Waals surface area (Å²) in [6.07, 6.45) is 5.98. The molecule has 3 aromatic rings. The van der Waals surface area contributed by atoms with Crippen LogP contribution in [0.5, 0.6) is 0 Å². The maximum absolute atomic E-state index is 13.1. The van der Waals surface area contributed by atoms with E-state index in [4.69, 9.17) is 0 Å². The fraction of sp³-hybridized carbons (Fsp3) is 0.318. The van der Waals surface area contributed by atoms with Gasteiger partial charge in [0.15, 0.2) is 0 Å². The second kappa shape index (κ2) is 9.22. The molecule has 0 bridgehead atoms. The van der Waals surface area contributed by atoms with E-state index in [2.05, 4.69) is 20.5 Å². The van der Waals surface area contributed by atoms with Crippen LogP contribution >= 0.6 is 11.8 Å². The first kappa shape index (κ1) is 19.6. The number of H-pyrrole nitrogens is 1. The Labute approximate surface area is 173 Å². The maximum Gasteiger partial charge on any atom is 0.242 e. The van der Waals surface area contributed by atoms with Gasteiger partial charge in [0, 0.05) is 12.1 Å². The molecule has 1 fully saturated rings. The summed E-state index contributed by atoms with van der Waals surface area (Å²) >= 11 is 1.31. The van der Waals surface area contributed by atoms with Crippen molar-refractivity contribution in [2.75, 3.05) is 5.32 Å². The van der Waals surface area contributed by atoms with Gasteiger partial charge in [-0.25, -0.2) is 9.37 Å². The predicted molar refractivity (Wildman–Crippen MR) is 112 cm³/mol. The van der Waals surface area contributed by atoms with Crippen molar-refractivity contribution >= 4 is 23.4 Å². The zero-order chi connectivity index (χ0) is 20.1. The monoisotopic (exact) mass is 410 g/mol. The van der Waals surface area contributed by atoms with Gasteiger partial charge in [0.05, 0.1) is 0 Å². The average Bonchev–Trinajstić information content (AvgIpc) is 3.41. The van der Waals surface area contributed by atoms with Crippen molar-refractivity contribution in [2.45, 2.75) is 42.5 Å². The molecule has 1 saturated carbocycles. The van der Waals surface area contributed by atoms with Gasteiger partial charge in [0.2, 0.25) is 11.1 Å². The quantitative estimate of drug-likeness (QED) is 0.529. The lowest BCUT2D eigenvalue weighted by molar-refractivity contribution is -0.115. The summed E-state index contributed by atoms with van der Waals surface area (Å²) in [7, 11) is 0. The Balaban J connectivity index is 1.49. The summed E-state index contributed by atoms with van der Waals surface area (Å²) in [6, 6.07) is 15.3. The largest absolute Gasteiger partial charge is 0.325 e. The van der Waals surface area contributed by atoms with E-state index in [9.17, 15) is 9.18 Å². The number of benzene rings is 2. The van der Waals surface area contributed by atoms with E-state index >= 15 is 0 Å². The molecule has 1 amide bonds. The highest BCUT2D eigenvalue weighted by atomic mass is 32.2. The van der Waals surface area contributed by atoms with E-state index in [1.807, 2.05) is 30.3 Å². The molecule has 1 aliphatic rings.